The zero-order valence-corrected chi connectivity index (χ0v) is 11.5. The molecule has 1 aromatic carbocycles. The largest absolute Gasteiger partial charge is 0.491 e. The van der Waals surface area contributed by atoms with Gasteiger partial charge in [0.15, 0.2) is 0 Å². The summed E-state index contributed by atoms with van der Waals surface area (Å²) in [7, 11) is 0. The molecule has 1 aromatic rings. The molecule has 110 valence electrons. The normalized spacial score (nSPS) is 29.8. The van der Waals surface area contributed by atoms with Crippen molar-refractivity contribution >= 4 is 0 Å². The summed E-state index contributed by atoms with van der Waals surface area (Å²) in [6.07, 6.45) is 3.29. The van der Waals surface area contributed by atoms with Crippen molar-refractivity contribution in [1.29, 1.82) is 0 Å². The van der Waals surface area contributed by atoms with Crippen LogP contribution in [-0.4, -0.2) is 37.1 Å². The van der Waals surface area contributed by atoms with E-state index in [-0.39, 0.29) is 24.8 Å². The molecule has 3 unspecified atom stereocenters. The van der Waals surface area contributed by atoms with Gasteiger partial charge in [0.25, 0.3) is 0 Å². The Kier molecular flexibility index (Phi) is 4.52. The van der Waals surface area contributed by atoms with Crippen molar-refractivity contribution < 1.29 is 14.6 Å². The van der Waals surface area contributed by atoms with Crippen LogP contribution in [0.5, 0.6) is 5.75 Å². The fourth-order valence-electron chi connectivity index (χ4n) is 2.80. The Bertz CT molecular complexity index is 435. The first-order valence-electron chi connectivity index (χ1n) is 7.32. The second-order valence-corrected chi connectivity index (χ2v) is 5.44. The van der Waals surface area contributed by atoms with E-state index in [1.807, 2.05) is 18.2 Å². The average Bonchev–Trinajstić information content (AvgIpc) is 3.16. The van der Waals surface area contributed by atoms with Crippen LogP contribution in [-0.2, 0) is 4.74 Å². The summed E-state index contributed by atoms with van der Waals surface area (Å²) in [5.74, 6) is 0.904. The lowest BCUT2D eigenvalue weighted by Crippen LogP contribution is -2.32. The van der Waals surface area contributed by atoms with Crippen molar-refractivity contribution in [1.82, 2.24) is 10.9 Å². The van der Waals surface area contributed by atoms with Crippen molar-refractivity contribution in [3.8, 4) is 5.75 Å². The number of para-hydroxylation sites is 1. The van der Waals surface area contributed by atoms with Crippen LogP contribution in [0.25, 0.3) is 0 Å². The minimum atomic E-state index is 0.103. The highest BCUT2D eigenvalue weighted by Crippen LogP contribution is 2.30. The second-order valence-electron chi connectivity index (χ2n) is 5.44. The number of hydrogen-bond donors (Lipinski definition) is 3. The Morgan fingerprint density at radius 3 is 2.95 bits per heavy atom. The standard InChI is InChI=1S/C15H22N2O3/c18-9-11-8-14(17-16-11)13-5-1-2-6-15(13)20-10-12-4-3-7-19-12/h1-2,5-6,11-12,14,16-18H,3-4,7-10H2. The summed E-state index contributed by atoms with van der Waals surface area (Å²) in [5, 5.41) is 9.20. The van der Waals surface area contributed by atoms with Crippen molar-refractivity contribution in [2.75, 3.05) is 19.8 Å². The number of rotatable bonds is 5. The highest BCUT2D eigenvalue weighted by atomic mass is 16.5. The number of nitrogens with one attached hydrogen (secondary N) is 2. The number of aliphatic hydroxyl groups excluding tert-OH is 1. The van der Waals surface area contributed by atoms with Crippen LogP contribution in [0.2, 0.25) is 0 Å². The average molecular weight is 278 g/mol. The monoisotopic (exact) mass is 278 g/mol. The number of aliphatic hydroxyl groups is 1. The van der Waals surface area contributed by atoms with Gasteiger partial charge in [-0.2, -0.15) is 0 Å². The van der Waals surface area contributed by atoms with Crippen LogP contribution in [0, 0.1) is 0 Å². The number of ether oxygens (including phenoxy) is 2. The molecule has 5 heteroatoms. The minimum Gasteiger partial charge on any atom is -0.491 e. The first-order chi connectivity index (χ1) is 9.86. The molecule has 0 saturated carbocycles. The van der Waals surface area contributed by atoms with Gasteiger partial charge in [0.2, 0.25) is 0 Å². The molecule has 5 nitrogen and oxygen atoms in total. The topological polar surface area (TPSA) is 62.8 Å². The second kappa shape index (κ2) is 6.54. The molecule has 2 fully saturated rings. The highest BCUT2D eigenvalue weighted by Gasteiger charge is 2.26. The Morgan fingerprint density at radius 2 is 2.20 bits per heavy atom. The first kappa shape index (κ1) is 13.8. The van der Waals surface area contributed by atoms with Gasteiger partial charge in [-0.3, -0.25) is 5.43 Å². The van der Waals surface area contributed by atoms with Crippen molar-refractivity contribution in [2.45, 2.75) is 37.5 Å². The molecule has 3 atom stereocenters. The number of benzene rings is 1. The Labute approximate surface area is 119 Å². The molecule has 2 saturated heterocycles. The Hall–Kier alpha value is -1.14. The molecule has 3 rings (SSSR count). The van der Waals surface area contributed by atoms with Crippen LogP contribution in [0.1, 0.15) is 30.9 Å². The molecule has 0 aliphatic carbocycles. The lowest BCUT2D eigenvalue weighted by Gasteiger charge is -2.17. The molecule has 20 heavy (non-hydrogen) atoms. The lowest BCUT2D eigenvalue weighted by molar-refractivity contribution is 0.0674. The van der Waals surface area contributed by atoms with Crippen LogP contribution < -0.4 is 15.6 Å². The van der Waals surface area contributed by atoms with E-state index >= 15 is 0 Å². The first-order valence-corrected chi connectivity index (χ1v) is 7.32. The summed E-state index contributed by atoms with van der Waals surface area (Å²) in [6.45, 7) is 1.60. The van der Waals surface area contributed by atoms with Gasteiger partial charge in [0, 0.05) is 18.2 Å². The van der Waals surface area contributed by atoms with Gasteiger partial charge in [0.05, 0.1) is 18.8 Å². The summed E-state index contributed by atoms with van der Waals surface area (Å²) in [4.78, 5) is 0. The Morgan fingerprint density at radius 1 is 1.30 bits per heavy atom. The van der Waals surface area contributed by atoms with Gasteiger partial charge in [0.1, 0.15) is 12.4 Å². The van der Waals surface area contributed by atoms with Gasteiger partial charge in [-0.1, -0.05) is 18.2 Å². The third kappa shape index (κ3) is 3.12. The van der Waals surface area contributed by atoms with Crippen LogP contribution in [0.15, 0.2) is 24.3 Å². The van der Waals surface area contributed by atoms with E-state index in [1.54, 1.807) is 0 Å². The van der Waals surface area contributed by atoms with Crippen molar-refractivity contribution in [3.63, 3.8) is 0 Å². The summed E-state index contributed by atoms with van der Waals surface area (Å²) >= 11 is 0. The molecular weight excluding hydrogens is 256 g/mol. The Balaban J connectivity index is 1.65. The third-order valence-electron chi connectivity index (χ3n) is 3.95. The van der Waals surface area contributed by atoms with Crippen molar-refractivity contribution in [3.05, 3.63) is 29.8 Å². The molecular formula is C15H22N2O3. The number of hydrogen-bond acceptors (Lipinski definition) is 5. The van der Waals surface area contributed by atoms with Gasteiger partial charge >= 0.3 is 0 Å². The van der Waals surface area contributed by atoms with E-state index in [0.717, 1.165) is 37.2 Å². The number of hydrazine groups is 1. The molecule has 2 aliphatic rings. The fraction of sp³-hybridized carbons (Fsp3) is 0.600. The van der Waals surface area contributed by atoms with Crippen LogP contribution >= 0.6 is 0 Å². The third-order valence-corrected chi connectivity index (χ3v) is 3.95. The molecule has 3 N–H and O–H groups in total. The van der Waals surface area contributed by atoms with E-state index in [9.17, 15) is 5.11 Å². The van der Waals surface area contributed by atoms with Gasteiger partial charge in [-0.15, -0.1) is 0 Å². The van der Waals surface area contributed by atoms with Gasteiger partial charge in [-0.25, -0.2) is 5.43 Å². The molecule has 0 amide bonds. The molecule has 0 spiro atoms. The van der Waals surface area contributed by atoms with Crippen LogP contribution in [0.3, 0.4) is 0 Å². The van der Waals surface area contributed by atoms with E-state index in [2.05, 4.69) is 16.9 Å². The maximum absolute atomic E-state index is 9.20. The minimum absolute atomic E-state index is 0.103. The summed E-state index contributed by atoms with van der Waals surface area (Å²) in [5.41, 5.74) is 7.45. The predicted octanol–water partition coefficient (Wildman–Crippen LogP) is 1.14. The summed E-state index contributed by atoms with van der Waals surface area (Å²) in [6, 6.07) is 8.35. The lowest BCUT2D eigenvalue weighted by atomic mass is 10.0. The van der Waals surface area contributed by atoms with E-state index in [1.165, 1.54) is 0 Å². The molecule has 0 radical (unpaired) electrons. The van der Waals surface area contributed by atoms with Gasteiger partial charge < -0.3 is 14.6 Å². The van der Waals surface area contributed by atoms with E-state index in [4.69, 9.17) is 9.47 Å². The van der Waals surface area contributed by atoms with E-state index < -0.39 is 0 Å². The zero-order valence-electron chi connectivity index (χ0n) is 11.5. The maximum atomic E-state index is 9.20. The molecule has 0 bridgehead atoms. The van der Waals surface area contributed by atoms with Crippen molar-refractivity contribution in [2.24, 2.45) is 0 Å². The summed E-state index contributed by atoms with van der Waals surface area (Å²) < 4.78 is 11.5. The quantitative estimate of drug-likeness (QED) is 0.754. The predicted molar refractivity (Wildman–Crippen MR) is 75.4 cm³/mol. The van der Waals surface area contributed by atoms with Gasteiger partial charge in [-0.05, 0) is 25.3 Å². The molecule has 2 aliphatic heterocycles. The fourth-order valence-corrected chi connectivity index (χ4v) is 2.80. The smallest absolute Gasteiger partial charge is 0.124 e. The highest BCUT2D eigenvalue weighted by molar-refractivity contribution is 5.36. The molecule has 2 heterocycles. The zero-order chi connectivity index (χ0) is 13.8. The SMILES string of the molecule is OCC1CC(c2ccccc2OCC2CCCO2)NN1. The van der Waals surface area contributed by atoms with Crippen LogP contribution in [0.4, 0.5) is 0 Å². The van der Waals surface area contributed by atoms with E-state index in [0.29, 0.717) is 6.61 Å². The molecule has 0 aromatic heterocycles. The maximum Gasteiger partial charge on any atom is 0.124 e.